The number of fused-ring (bicyclic) bond motifs is 3. The zero-order chi connectivity index (χ0) is 17.5. The normalized spacial score (nSPS) is 14.8. The lowest BCUT2D eigenvalue weighted by Gasteiger charge is -2.42. The quantitative estimate of drug-likeness (QED) is 0.527. The van der Waals surface area contributed by atoms with Crippen LogP contribution in [0.15, 0.2) is 78.9 Å². The minimum Gasteiger partial charge on any atom is -0.365 e. The Morgan fingerprint density at radius 1 is 0.680 bits per heavy atom. The molecule has 0 fully saturated rings. The minimum absolute atomic E-state index is 0.309. The van der Waals surface area contributed by atoms with E-state index in [4.69, 9.17) is 4.74 Å². The molecule has 1 aliphatic carbocycles. The van der Waals surface area contributed by atoms with Crippen LogP contribution in [0.1, 0.15) is 16.7 Å². The van der Waals surface area contributed by atoms with Gasteiger partial charge in [-0.15, -0.1) is 0 Å². The Bertz CT molecular complexity index is 848. The summed E-state index contributed by atoms with van der Waals surface area (Å²) in [6.07, 6.45) is 0. The van der Waals surface area contributed by atoms with E-state index in [1.807, 2.05) is 0 Å². The first-order valence-electron chi connectivity index (χ1n) is 8.91. The fourth-order valence-corrected chi connectivity index (χ4v) is 6.70. The summed E-state index contributed by atoms with van der Waals surface area (Å²) in [4.78, 5) is 0. The van der Waals surface area contributed by atoms with Gasteiger partial charge in [-0.3, -0.25) is 0 Å². The molecule has 0 heterocycles. The predicted octanol–water partition coefficient (Wildman–Crippen LogP) is 6.00. The molecular formula is C23H24OSi. The summed E-state index contributed by atoms with van der Waals surface area (Å²) >= 11 is 0. The van der Waals surface area contributed by atoms with E-state index in [0.29, 0.717) is 6.61 Å². The third-order valence-electron chi connectivity index (χ3n) is 5.26. The molecule has 3 aromatic carbocycles. The van der Waals surface area contributed by atoms with Crippen molar-refractivity contribution in [2.24, 2.45) is 0 Å². The largest absolute Gasteiger partial charge is 0.365 e. The summed E-state index contributed by atoms with van der Waals surface area (Å²) in [6.45, 7) is 7.87. The van der Waals surface area contributed by atoms with E-state index in [-0.39, 0.29) is 5.22 Å². The lowest BCUT2D eigenvalue weighted by Crippen LogP contribution is -2.51. The van der Waals surface area contributed by atoms with Gasteiger partial charge in [-0.2, -0.15) is 0 Å². The topological polar surface area (TPSA) is 9.23 Å². The second kappa shape index (κ2) is 5.97. The van der Waals surface area contributed by atoms with Crippen LogP contribution >= 0.6 is 0 Å². The second-order valence-electron chi connectivity index (χ2n) is 7.80. The Morgan fingerprint density at radius 2 is 1.16 bits per heavy atom. The van der Waals surface area contributed by atoms with Crippen LogP contribution < -0.4 is 0 Å². The van der Waals surface area contributed by atoms with Gasteiger partial charge in [0.05, 0.1) is 14.7 Å². The van der Waals surface area contributed by atoms with E-state index in [1.54, 1.807) is 0 Å². The number of hydrogen-bond acceptors (Lipinski definition) is 1. The Balaban J connectivity index is 1.89. The standard InChI is InChI=1S/C23H24OSi/c1-25(2,3)23(24-17-18-11-5-4-6-12-18)21-15-9-7-13-19(21)20-14-8-10-16-22(20)23/h4-16H,17H2,1-3H3. The lowest BCUT2D eigenvalue weighted by atomic mass is 10.1. The average Bonchev–Trinajstić information content (AvgIpc) is 2.92. The summed E-state index contributed by atoms with van der Waals surface area (Å²) in [7, 11) is -1.75. The highest BCUT2D eigenvalue weighted by Gasteiger charge is 2.53. The molecule has 0 saturated heterocycles. The van der Waals surface area contributed by atoms with Crippen molar-refractivity contribution in [1.29, 1.82) is 0 Å². The number of rotatable bonds is 4. The van der Waals surface area contributed by atoms with Crippen molar-refractivity contribution in [1.82, 2.24) is 0 Å². The minimum atomic E-state index is -1.75. The molecule has 0 amide bonds. The lowest BCUT2D eigenvalue weighted by molar-refractivity contribution is 0.0266. The van der Waals surface area contributed by atoms with Gasteiger partial charge in [0.15, 0.2) is 0 Å². The van der Waals surface area contributed by atoms with Gasteiger partial charge < -0.3 is 4.74 Å². The van der Waals surface area contributed by atoms with Crippen molar-refractivity contribution in [3.05, 3.63) is 95.6 Å². The average molecular weight is 345 g/mol. The molecule has 0 aromatic heterocycles. The fourth-order valence-electron chi connectivity index (χ4n) is 4.14. The summed E-state index contributed by atoms with van der Waals surface area (Å²) in [6, 6.07) is 28.1. The SMILES string of the molecule is C[Si](C)(C)C1(OCc2ccccc2)c2ccccc2-c2ccccc21. The molecule has 0 radical (unpaired) electrons. The molecule has 0 N–H and O–H groups in total. The van der Waals surface area contributed by atoms with Gasteiger partial charge >= 0.3 is 0 Å². The Morgan fingerprint density at radius 3 is 1.68 bits per heavy atom. The van der Waals surface area contributed by atoms with Crippen molar-refractivity contribution in [3.63, 3.8) is 0 Å². The zero-order valence-electron chi connectivity index (χ0n) is 15.1. The molecule has 0 aliphatic heterocycles. The van der Waals surface area contributed by atoms with Crippen molar-refractivity contribution >= 4 is 8.07 Å². The van der Waals surface area contributed by atoms with Gasteiger partial charge in [-0.25, -0.2) is 0 Å². The van der Waals surface area contributed by atoms with Crippen molar-refractivity contribution in [2.45, 2.75) is 31.5 Å². The van der Waals surface area contributed by atoms with E-state index >= 15 is 0 Å². The first-order chi connectivity index (χ1) is 12.0. The molecule has 0 saturated carbocycles. The van der Waals surface area contributed by atoms with E-state index in [1.165, 1.54) is 27.8 Å². The molecule has 4 rings (SSSR count). The highest BCUT2D eigenvalue weighted by molar-refractivity contribution is 6.79. The highest BCUT2D eigenvalue weighted by atomic mass is 28.3. The molecule has 0 atom stereocenters. The van der Waals surface area contributed by atoms with E-state index in [0.717, 1.165) is 0 Å². The maximum absolute atomic E-state index is 6.86. The molecule has 0 bridgehead atoms. The van der Waals surface area contributed by atoms with Crippen LogP contribution in [0, 0.1) is 0 Å². The van der Waals surface area contributed by atoms with Crippen molar-refractivity contribution in [2.75, 3.05) is 0 Å². The van der Waals surface area contributed by atoms with Gasteiger partial charge in [-0.05, 0) is 27.8 Å². The molecule has 126 valence electrons. The third-order valence-corrected chi connectivity index (χ3v) is 8.05. The van der Waals surface area contributed by atoms with Crippen LogP contribution in [0.4, 0.5) is 0 Å². The fraction of sp³-hybridized carbons (Fsp3) is 0.217. The Hall–Kier alpha value is -2.16. The van der Waals surface area contributed by atoms with Crippen LogP contribution in [0.25, 0.3) is 11.1 Å². The third kappa shape index (κ3) is 2.48. The first kappa shape index (κ1) is 16.3. The Labute approximate surface area is 151 Å². The zero-order valence-corrected chi connectivity index (χ0v) is 16.1. The molecule has 3 aromatic rings. The highest BCUT2D eigenvalue weighted by Crippen LogP contribution is 2.54. The number of ether oxygens (including phenoxy) is 1. The van der Waals surface area contributed by atoms with Crippen molar-refractivity contribution < 1.29 is 4.74 Å². The molecular weight excluding hydrogens is 320 g/mol. The van der Waals surface area contributed by atoms with Crippen LogP contribution in [0.2, 0.25) is 19.6 Å². The molecule has 2 heteroatoms. The molecule has 0 unspecified atom stereocenters. The van der Waals surface area contributed by atoms with E-state index < -0.39 is 8.07 Å². The van der Waals surface area contributed by atoms with Crippen LogP contribution in [0.5, 0.6) is 0 Å². The number of hydrogen-bond donors (Lipinski definition) is 0. The van der Waals surface area contributed by atoms with Crippen LogP contribution in [-0.2, 0) is 16.6 Å². The maximum Gasteiger partial charge on any atom is 0.107 e. The van der Waals surface area contributed by atoms with Crippen molar-refractivity contribution in [3.8, 4) is 11.1 Å². The molecule has 1 nitrogen and oxygen atoms in total. The summed E-state index contributed by atoms with van der Waals surface area (Å²) in [5.41, 5.74) is 6.56. The smallest absolute Gasteiger partial charge is 0.107 e. The first-order valence-corrected chi connectivity index (χ1v) is 12.4. The monoisotopic (exact) mass is 344 g/mol. The molecule has 0 spiro atoms. The summed E-state index contributed by atoms with van der Waals surface area (Å²) in [5, 5.41) is -0.309. The number of benzene rings is 3. The molecule has 1 aliphatic rings. The summed E-state index contributed by atoms with van der Waals surface area (Å²) in [5.74, 6) is 0. The van der Waals surface area contributed by atoms with E-state index in [2.05, 4.69) is 98.5 Å². The maximum atomic E-state index is 6.86. The van der Waals surface area contributed by atoms with Gasteiger partial charge in [0.2, 0.25) is 0 Å². The van der Waals surface area contributed by atoms with Gasteiger partial charge in [0.25, 0.3) is 0 Å². The molecule has 25 heavy (non-hydrogen) atoms. The predicted molar refractivity (Wildman–Crippen MR) is 107 cm³/mol. The summed E-state index contributed by atoms with van der Waals surface area (Å²) < 4.78 is 6.86. The van der Waals surface area contributed by atoms with Crippen LogP contribution in [0.3, 0.4) is 0 Å². The van der Waals surface area contributed by atoms with Crippen LogP contribution in [-0.4, -0.2) is 8.07 Å². The van der Waals surface area contributed by atoms with Gasteiger partial charge in [0, 0.05) is 0 Å². The van der Waals surface area contributed by atoms with Gasteiger partial charge in [0.1, 0.15) is 5.22 Å². The van der Waals surface area contributed by atoms with Gasteiger partial charge in [-0.1, -0.05) is 98.5 Å². The second-order valence-corrected chi connectivity index (χ2v) is 13.0. The Kier molecular flexibility index (Phi) is 3.90. The van der Waals surface area contributed by atoms with E-state index in [9.17, 15) is 0 Å².